The van der Waals surface area contributed by atoms with E-state index in [1.807, 2.05) is 0 Å². The van der Waals surface area contributed by atoms with E-state index in [4.69, 9.17) is 0 Å². The van der Waals surface area contributed by atoms with Crippen molar-refractivity contribution in [1.82, 2.24) is 0 Å². The van der Waals surface area contributed by atoms with Gasteiger partial charge in [-0.15, -0.1) is 0 Å². The molecular formula is C9H7BrF2O. The van der Waals surface area contributed by atoms with Crippen molar-refractivity contribution in [3.63, 3.8) is 0 Å². The molecule has 0 radical (unpaired) electrons. The van der Waals surface area contributed by atoms with Crippen LogP contribution in [-0.4, -0.2) is 10.6 Å². The average molecular weight is 249 g/mol. The highest BCUT2D eigenvalue weighted by atomic mass is 79.9. The molecule has 0 aliphatic carbocycles. The Balaban J connectivity index is 3.04. The second-order valence-corrected chi connectivity index (χ2v) is 3.98. The van der Waals surface area contributed by atoms with E-state index in [2.05, 4.69) is 15.9 Å². The second-order valence-electron chi connectivity index (χ2n) is 2.61. The summed E-state index contributed by atoms with van der Waals surface area (Å²) in [6.45, 7) is 1.63. The van der Waals surface area contributed by atoms with E-state index in [1.165, 1.54) is 6.07 Å². The van der Waals surface area contributed by atoms with Gasteiger partial charge in [-0.25, -0.2) is 8.78 Å². The van der Waals surface area contributed by atoms with Gasteiger partial charge in [-0.3, -0.25) is 4.79 Å². The van der Waals surface area contributed by atoms with Crippen LogP contribution in [0.15, 0.2) is 18.2 Å². The number of alkyl halides is 1. The highest BCUT2D eigenvalue weighted by molar-refractivity contribution is 9.10. The topological polar surface area (TPSA) is 17.1 Å². The highest BCUT2D eigenvalue weighted by Crippen LogP contribution is 2.13. The minimum Gasteiger partial charge on any atom is -0.293 e. The molecule has 1 atom stereocenters. The van der Waals surface area contributed by atoms with Gasteiger partial charge in [-0.1, -0.05) is 15.9 Å². The van der Waals surface area contributed by atoms with Crippen molar-refractivity contribution in [2.75, 3.05) is 0 Å². The van der Waals surface area contributed by atoms with Crippen LogP contribution in [0.1, 0.15) is 17.3 Å². The molecule has 13 heavy (non-hydrogen) atoms. The maximum atomic E-state index is 12.7. The molecule has 1 aromatic carbocycles. The van der Waals surface area contributed by atoms with Gasteiger partial charge in [0.25, 0.3) is 0 Å². The van der Waals surface area contributed by atoms with Gasteiger partial charge in [0.15, 0.2) is 17.4 Å². The van der Waals surface area contributed by atoms with Crippen LogP contribution in [0.4, 0.5) is 8.78 Å². The third-order valence-corrected chi connectivity index (χ3v) is 1.98. The van der Waals surface area contributed by atoms with Crippen molar-refractivity contribution in [3.8, 4) is 0 Å². The minimum absolute atomic E-state index is 0.170. The zero-order valence-electron chi connectivity index (χ0n) is 6.85. The summed E-state index contributed by atoms with van der Waals surface area (Å²) in [5.41, 5.74) is 0.170. The van der Waals surface area contributed by atoms with Gasteiger partial charge < -0.3 is 0 Å². The van der Waals surface area contributed by atoms with E-state index >= 15 is 0 Å². The molecule has 0 unspecified atom stereocenters. The van der Waals surface area contributed by atoms with Crippen LogP contribution in [0.25, 0.3) is 0 Å². The van der Waals surface area contributed by atoms with Crippen molar-refractivity contribution < 1.29 is 13.6 Å². The molecule has 0 aliphatic rings. The molecule has 0 aliphatic heterocycles. The third kappa shape index (κ3) is 2.34. The summed E-state index contributed by atoms with van der Waals surface area (Å²) in [5, 5.41) is 0. The fourth-order valence-corrected chi connectivity index (χ4v) is 1.14. The second kappa shape index (κ2) is 3.96. The quantitative estimate of drug-likeness (QED) is 0.581. The van der Waals surface area contributed by atoms with Crippen molar-refractivity contribution in [3.05, 3.63) is 35.4 Å². The normalized spacial score (nSPS) is 12.6. The van der Waals surface area contributed by atoms with Crippen molar-refractivity contribution in [2.45, 2.75) is 11.8 Å². The van der Waals surface area contributed by atoms with E-state index in [9.17, 15) is 13.6 Å². The van der Waals surface area contributed by atoms with E-state index < -0.39 is 16.5 Å². The first-order valence-corrected chi connectivity index (χ1v) is 4.57. The summed E-state index contributed by atoms with van der Waals surface area (Å²) in [5.74, 6) is -2.21. The summed E-state index contributed by atoms with van der Waals surface area (Å²) < 4.78 is 25.1. The molecule has 1 aromatic rings. The number of Topliss-reactive ketones (excluding diaryl/α,β-unsaturated/α-hetero) is 1. The first-order valence-electron chi connectivity index (χ1n) is 3.65. The summed E-state index contributed by atoms with van der Waals surface area (Å²) in [6.07, 6.45) is 0. The maximum Gasteiger partial charge on any atom is 0.176 e. The third-order valence-electron chi connectivity index (χ3n) is 1.57. The smallest absolute Gasteiger partial charge is 0.176 e. The summed E-state index contributed by atoms with van der Waals surface area (Å²) in [6, 6.07) is 3.10. The largest absolute Gasteiger partial charge is 0.293 e. The standard InChI is InChI=1S/C9H7BrF2O/c1-5(10)9(13)6-2-3-7(11)8(12)4-6/h2-5H,1H3/t5-/m0/s1. The summed E-state index contributed by atoms with van der Waals surface area (Å²) in [4.78, 5) is 10.9. The number of hydrogen-bond acceptors (Lipinski definition) is 1. The van der Waals surface area contributed by atoms with Gasteiger partial charge in [0, 0.05) is 5.56 Å². The molecule has 0 spiro atoms. The minimum atomic E-state index is -1.00. The van der Waals surface area contributed by atoms with Crippen LogP contribution in [0.3, 0.4) is 0 Å². The van der Waals surface area contributed by atoms with Crippen LogP contribution in [0.2, 0.25) is 0 Å². The number of halogens is 3. The molecule has 0 fully saturated rings. The predicted molar refractivity (Wildman–Crippen MR) is 49.1 cm³/mol. The van der Waals surface area contributed by atoms with Gasteiger partial charge in [-0.05, 0) is 25.1 Å². The van der Waals surface area contributed by atoms with E-state index in [0.717, 1.165) is 12.1 Å². The number of benzene rings is 1. The molecule has 0 bridgehead atoms. The summed E-state index contributed by atoms with van der Waals surface area (Å²) in [7, 11) is 0. The Kier molecular flexibility index (Phi) is 3.14. The first kappa shape index (κ1) is 10.3. The fraction of sp³-hybridized carbons (Fsp3) is 0.222. The molecule has 0 N–H and O–H groups in total. The van der Waals surface area contributed by atoms with Gasteiger partial charge in [0.05, 0.1) is 4.83 Å². The number of ketones is 1. The van der Waals surface area contributed by atoms with Gasteiger partial charge >= 0.3 is 0 Å². The summed E-state index contributed by atoms with van der Waals surface area (Å²) >= 11 is 3.05. The van der Waals surface area contributed by atoms with Gasteiger partial charge in [-0.2, -0.15) is 0 Å². The van der Waals surface area contributed by atoms with Crippen molar-refractivity contribution in [1.29, 1.82) is 0 Å². The molecular weight excluding hydrogens is 242 g/mol. The van der Waals surface area contributed by atoms with Crippen LogP contribution < -0.4 is 0 Å². The lowest BCUT2D eigenvalue weighted by atomic mass is 10.1. The van der Waals surface area contributed by atoms with Crippen LogP contribution >= 0.6 is 15.9 Å². The zero-order chi connectivity index (χ0) is 10.0. The number of hydrogen-bond donors (Lipinski definition) is 0. The molecule has 0 amide bonds. The molecule has 0 aromatic heterocycles. The van der Waals surface area contributed by atoms with Gasteiger partial charge in [0.2, 0.25) is 0 Å². The number of rotatable bonds is 2. The lowest BCUT2D eigenvalue weighted by Crippen LogP contribution is -2.10. The Morgan fingerprint density at radius 1 is 1.38 bits per heavy atom. The molecule has 1 rings (SSSR count). The average Bonchev–Trinajstić information content (AvgIpc) is 2.08. The molecule has 0 saturated carbocycles. The lowest BCUT2D eigenvalue weighted by molar-refractivity contribution is 0.0995. The molecule has 0 heterocycles. The van der Waals surface area contributed by atoms with Crippen LogP contribution in [-0.2, 0) is 0 Å². The van der Waals surface area contributed by atoms with E-state index in [1.54, 1.807) is 6.92 Å². The van der Waals surface area contributed by atoms with Crippen LogP contribution in [0, 0.1) is 11.6 Å². The number of carbonyl (C=O) groups excluding carboxylic acids is 1. The molecule has 4 heteroatoms. The molecule has 70 valence electrons. The lowest BCUT2D eigenvalue weighted by Gasteiger charge is -2.02. The zero-order valence-corrected chi connectivity index (χ0v) is 8.44. The molecule has 1 nitrogen and oxygen atoms in total. The Morgan fingerprint density at radius 2 is 2.00 bits per heavy atom. The molecule has 0 saturated heterocycles. The van der Waals surface area contributed by atoms with E-state index in [0.29, 0.717) is 0 Å². The fourth-order valence-electron chi connectivity index (χ4n) is 0.879. The SMILES string of the molecule is C[C@H](Br)C(=O)c1ccc(F)c(F)c1. The Morgan fingerprint density at radius 3 is 2.46 bits per heavy atom. The van der Waals surface area contributed by atoms with E-state index in [-0.39, 0.29) is 11.3 Å². The van der Waals surface area contributed by atoms with Crippen molar-refractivity contribution >= 4 is 21.7 Å². The number of carbonyl (C=O) groups is 1. The monoisotopic (exact) mass is 248 g/mol. The Bertz CT molecular complexity index is 336. The maximum absolute atomic E-state index is 12.7. The Labute approximate surface area is 82.9 Å². The van der Waals surface area contributed by atoms with Crippen molar-refractivity contribution in [2.24, 2.45) is 0 Å². The predicted octanol–water partition coefficient (Wildman–Crippen LogP) is 2.93. The first-order chi connectivity index (χ1) is 6.02. The Hall–Kier alpha value is -0.770. The van der Waals surface area contributed by atoms with Crippen LogP contribution in [0.5, 0.6) is 0 Å². The van der Waals surface area contributed by atoms with Gasteiger partial charge in [0.1, 0.15) is 0 Å². The highest BCUT2D eigenvalue weighted by Gasteiger charge is 2.13.